The topological polar surface area (TPSA) is 21.3 Å². The standard InChI is InChI=1S/C14H13BrFNO/c15-13-10-11(16)6-7-14(13)17-8-9-18-12-4-2-1-3-5-12/h1-7,10,17H,8-9H2. The zero-order valence-corrected chi connectivity index (χ0v) is 11.3. The molecule has 0 aliphatic carbocycles. The van der Waals surface area contributed by atoms with E-state index in [1.54, 1.807) is 6.07 Å². The number of halogens is 2. The van der Waals surface area contributed by atoms with Crippen molar-refractivity contribution in [1.29, 1.82) is 0 Å². The second-order valence-electron chi connectivity index (χ2n) is 3.71. The van der Waals surface area contributed by atoms with E-state index in [1.165, 1.54) is 12.1 Å². The average molecular weight is 310 g/mol. The van der Waals surface area contributed by atoms with Gasteiger partial charge in [-0.15, -0.1) is 0 Å². The molecule has 0 amide bonds. The predicted molar refractivity (Wildman–Crippen MR) is 74.5 cm³/mol. The van der Waals surface area contributed by atoms with Crippen molar-refractivity contribution >= 4 is 21.6 Å². The number of ether oxygens (including phenoxy) is 1. The van der Waals surface area contributed by atoms with Crippen LogP contribution in [0.4, 0.5) is 10.1 Å². The van der Waals surface area contributed by atoms with E-state index < -0.39 is 0 Å². The van der Waals surface area contributed by atoms with Crippen LogP contribution >= 0.6 is 15.9 Å². The van der Waals surface area contributed by atoms with Crippen molar-refractivity contribution in [3.05, 3.63) is 58.8 Å². The quantitative estimate of drug-likeness (QED) is 0.840. The number of benzene rings is 2. The maximum Gasteiger partial charge on any atom is 0.124 e. The lowest BCUT2D eigenvalue weighted by molar-refractivity contribution is 0.333. The van der Waals surface area contributed by atoms with Crippen molar-refractivity contribution in [2.45, 2.75) is 0 Å². The van der Waals surface area contributed by atoms with Gasteiger partial charge >= 0.3 is 0 Å². The molecule has 0 saturated heterocycles. The van der Waals surface area contributed by atoms with Crippen molar-refractivity contribution in [3.8, 4) is 5.75 Å². The van der Waals surface area contributed by atoms with Gasteiger partial charge in [0.15, 0.2) is 0 Å². The first-order valence-electron chi connectivity index (χ1n) is 5.62. The normalized spacial score (nSPS) is 10.1. The summed E-state index contributed by atoms with van der Waals surface area (Å²) in [4.78, 5) is 0. The van der Waals surface area contributed by atoms with Crippen molar-refractivity contribution in [2.75, 3.05) is 18.5 Å². The number of rotatable bonds is 5. The molecule has 0 aromatic heterocycles. The zero-order valence-electron chi connectivity index (χ0n) is 9.70. The van der Waals surface area contributed by atoms with Crippen LogP contribution < -0.4 is 10.1 Å². The minimum Gasteiger partial charge on any atom is -0.492 e. The minimum atomic E-state index is -0.257. The number of hydrogen-bond donors (Lipinski definition) is 1. The lowest BCUT2D eigenvalue weighted by atomic mass is 10.3. The van der Waals surface area contributed by atoms with Crippen LogP contribution in [-0.4, -0.2) is 13.2 Å². The third-order valence-electron chi connectivity index (χ3n) is 2.36. The van der Waals surface area contributed by atoms with Crippen LogP contribution in [0.2, 0.25) is 0 Å². The van der Waals surface area contributed by atoms with Crippen LogP contribution in [0, 0.1) is 5.82 Å². The summed E-state index contributed by atoms with van der Waals surface area (Å²) < 4.78 is 19.1. The van der Waals surface area contributed by atoms with Gasteiger partial charge in [0.25, 0.3) is 0 Å². The maximum atomic E-state index is 12.9. The summed E-state index contributed by atoms with van der Waals surface area (Å²) >= 11 is 3.30. The van der Waals surface area contributed by atoms with Crippen molar-refractivity contribution in [1.82, 2.24) is 0 Å². The van der Waals surface area contributed by atoms with E-state index in [-0.39, 0.29) is 5.82 Å². The molecule has 0 atom stereocenters. The Kier molecular flexibility index (Phi) is 4.59. The summed E-state index contributed by atoms with van der Waals surface area (Å²) in [5.74, 6) is 0.588. The monoisotopic (exact) mass is 309 g/mol. The van der Waals surface area contributed by atoms with Crippen molar-refractivity contribution < 1.29 is 9.13 Å². The highest BCUT2D eigenvalue weighted by atomic mass is 79.9. The molecule has 2 aromatic carbocycles. The lowest BCUT2D eigenvalue weighted by Gasteiger charge is -2.09. The highest BCUT2D eigenvalue weighted by Crippen LogP contribution is 2.22. The summed E-state index contributed by atoms with van der Waals surface area (Å²) in [5.41, 5.74) is 0.855. The van der Waals surface area contributed by atoms with Crippen LogP contribution in [0.1, 0.15) is 0 Å². The molecule has 0 radical (unpaired) electrons. The second-order valence-corrected chi connectivity index (χ2v) is 4.57. The fourth-order valence-corrected chi connectivity index (χ4v) is 2.00. The third kappa shape index (κ3) is 3.74. The van der Waals surface area contributed by atoms with Gasteiger partial charge in [0, 0.05) is 16.7 Å². The van der Waals surface area contributed by atoms with Gasteiger partial charge in [-0.3, -0.25) is 0 Å². The summed E-state index contributed by atoms with van der Waals surface area (Å²) in [6.45, 7) is 1.20. The number of hydrogen-bond acceptors (Lipinski definition) is 2. The molecule has 18 heavy (non-hydrogen) atoms. The Morgan fingerprint density at radius 1 is 1.11 bits per heavy atom. The number of anilines is 1. The largest absolute Gasteiger partial charge is 0.492 e. The Morgan fingerprint density at radius 2 is 1.89 bits per heavy atom. The Bertz CT molecular complexity index is 504. The number of nitrogens with one attached hydrogen (secondary N) is 1. The molecule has 0 spiro atoms. The molecule has 2 aromatic rings. The number of para-hydroxylation sites is 1. The zero-order chi connectivity index (χ0) is 12.8. The van der Waals surface area contributed by atoms with E-state index in [4.69, 9.17) is 4.74 Å². The molecule has 0 aliphatic rings. The maximum absolute atomic E-state index is 12.9. The first kappa shape index (κ1) is 12.9. The molecule has 0 fully saturated rings. The first-order chi connectivity index (χ1) is 8.75. The van der Waals surface area contributed by atoms with E-state index in [9.17, 15) is 4.39 Å². The molecule has 0 heterocycles. The van der Waals surface area contributed by atoms with Gasteiger partial charge in [-0.25, -0.2) is 4.39 Å². The average Bonchev–Trinajstić information content (AvgIpc) is 2.38. The predicted octanol–water partition coefficient (Wildman–Crippen LogP) is 4.08. The van der Waals surface area contributed by atoms with Crippen molar-refractivity contribution in [3.63, 3.8) is 0 Å². The molecular weight excluding hydrogens is 297 g/mol. The van der Waals surface area contributed by atoms with Gasteiger partial charge in [-0.05, 0) is 46.3 Å². The smallest absolute Gasteiger partial charge is 0.124 e. The molecule has 0 bridgehead atoms. The van der Waals surface area contributed by atoms with Gasteiger partial charge in [-0.1, -0.05) is 18.2 Å². The molecular formula is C14H13BrFNO. The van der Waals surface area contributed by atoms with Gasteiger partial charge in [0.1, 0.15) is 18.2 Å². The van der Waals surface area contributed by atoms with E-state index in [1.807, 2.05) is 30.3 Å². The van der Waals surface area contributed by atoms with E-state index in [0.29, 0.717) is 17.6 Å². The Morgan fingerprint density at radius 3 is 2.61 bits per heavy atom. The van der Waals surface area contributed by atoms with Crippen LogP contribution in [0.5, 0.6) is 5.75 Å². The summed E-state index contributed by atoms with van der Waals surface area (Å²) in [7, 11) is 0. The molecule has 0 aliphatic heterocycles. The molecule has 4 heteroatoms. The van der Waals surface area contributed by atoms with Gasteiger partial charge < -0.3 is 10.1 Å². The van der Waals surface area contributed by atoms with E-state index >= 15 is 0 Å². The Hall–Kier alpha value is -1.55. The molecule has 0 saturated carbocycles. The fourth-order valence-electron chi connectivity index (χ4n) is 1.50. The van der Waals surface area contributed by atoms with Gasteiger partial charge in [0.05, 0.1) is 0 Å². The lowest BCUT2D eigenvalue weighted by Crippen LogP contribution is -2.11. The van der Waals surface area contributed by atoms with Crippen LogP contribution in [0.15, 0.2) is 53.0 Å². The Balaban J connectivity index is 1.79. The highest BCUT2D eigenvalue weighted by molar-refractivity contribution is 9.10. The highest BCUT2D eigenvalue weighted by Gasteiger charge is 2.00. The van der Waals surface area contributed by atoms with Gasteiger partial charge in [-0.2, -0.15) is 0 Å². The van der Waals surface area contributed by atoms with Crippen LogP contribution in [0.25, 0.3) is 0 Å². The molecule has 2 rings (SSSR count). The molecule has 1 N–H and O–H groups in total. The van der Waals surface area contributed by atoms with Crippen LogP contribution in [-0.2, 0) is 0 Å². The van der Waals surface area contributed by atoms with E-state index in [2.05, 4.69) is 21.2 Å². The summed E-state index contributed by atoms with van der Waals surface area (Å²) in [5, 5.41) is 3.17. The minimum absolute atomic E-state index is 0.257. The molecule has 94 valence electrons. The SMILES string of the molecule is Fc1ccc(NCCOc2ccccc2)c(Br)c1. The van der Waals surface area contributed by atoms with Crippen LogP contribution in [0.3, 0.4) is 0 Å². The van der Waals surface area contributed by atoms with E-state index in [0.717, 1.165) is 11.4 Å². The fraction of sp³-hybridized carbons (Fsp3) is 0.143. The summed E-state index contributed by atoms with van der Waals surface area (Å²) in [6.07, 6.45) is 0. The van der Waals surface area contributed by atoms with Crippen molar-refractivity contribution in [2.24, 2.45) is 0 Å². The molecule has 0 unspecified atom stereocenters. The third-order valence-corrected chi connectivity index (χ3v) is 3.02. The first-order valence-corrected chi connectivity index (χ1v) is 6.42. The summed E-state index contributed by atoms with van der Waals surface area (Å²) in [6, 6.07) is 14.2. The second kappa shape index (κ2) is 6.40. The molecule has 2 nitrogen and oxygen atoms in total. The Labute approximate surface area is 114 Å². The van der Waals surface area contributed by atoms with Gasteiger partial charge in [0.2, 0.25) is 0 Å².